The molecule has 1 fully saturated rings. The molecule has 106 valence electrons. The molecular weight excluding hydrogens is 246 g/mol. The zero-order valence-electron chi connectivity index (χ0n) is 11.6. The average molecular weight is 268 g/mol. The van der Waals surface area contributed by atoms with E-state index in [1.165, 1.54) is 31.4 Å². The summed E-state index contributed by atoms with van der Waals surface area (Å²) in [4.78, 5) is 2.30. The van der Waals surface area contributed by atoms with Crippen LogP contribution in [-0.4, -0.2) is 31.1 Å². The number of benzene rings is 1. The molecule has 0 atom stereocenters. The molecular formula is C15H22F2N2. The molecule has 1 aromatic rings. The highest BCUT2D eigenvalue weighted by molar-refractivity contribution is 5.23. The van der Waals surface area contributed by atoms with E-state index in [4.69, 9.17) is 0 Å². The Morgan fingerprint density at radius 2 is 1.84 bits per heavy atom. The average Bonchev–Trinajstić information content (AvgIpc) is 2.32. The van der Waals surface area contributed by atoms with Gasteiger partial charge < -0.3 is 10.2 Å². The minimum absolute atomic E-state index is 0.0903. The third kappa shape index (κ3) is 3.31. The Balaban J connectivity index is 1.82. The van der Waals surface area contributed by atoms with Crippen LogP contribution in [0.4, 0.5) is 8.78 Å². The lowest BCUT2D eigenvalue weighted by Crippen LogP contribution is -2.56. The Hall–Kier alpha value is -1.00. The highest BCUT2D eigenvalue weighted by atomic mass is 19.3. The molecule has 0 amide bonds. The van der Waals surface area contributed by atoms with Crippen LogP contribution in [0.15, 0.2) is 24.3 Å². The van der Waals surface area contributed by atoms with Gasteiger partial charge in [0.05, 0.1) is 0 Å². The summed E-state index contributed by atoms with van der Waals surface area (Å²) in [5.74, 6) is 0. The van der Waals surface area contributed by atoms with Crippen molar-refractivity contribution < 1.29 is 8.78 Å². The predicted molar refractivity (Wildman–Crippen MR) is 73.4 cm³/mol. The second-order valence-electron chi connectivity index (χ2n) is 5.62. The van der Waals surface area contributed by atoms with Crippen LogP contribution >= 0.6 is 0 Å². The van der Waals surface area contributed by atoms with E-state index in [1.807, 2.05) is 0 Å². The SMILES string of the molecule is CN(C)C1(CNCc2ccc(C(F)F)cc2)CCC1. The highest BCUT2D eigenvalue weighted by Crippen LogP contribution is 2.35. The van der Waals surface area contributed by atoms with Crippen LogP contribution in [0.3, 0.4) is 0 Å². The van der Waals surface area contributed by atoms with Crippen LogP contribution in [0, 0.1) is 0 Å². The minimum atomic E-state index is -2.38. The highest BCUT2D eigenvalue weighted by Gasteiger charge is 2.38. The largest absolute Gasteiger partial charge is 0.311 e. The maximum atomic E-state index is 12.4. The fourth-order valence-electron chi connectivity index (χ4n) is 2.59. The normalized spacial score (nSPS) is 17.8. The van der Waals surface area contributed by atoms with Gasteiger partial charge in [0, 0.05) is 24.2 Å². The first-order valence-electron chi connectivity index (χ1n) is 6.79. The molecule has 1 saturated carbocycles. The van der Waals surface area contributed by atoms with Gasteiger partial charge in [-0.05, 0) is 38.9 Å². The summed E-state index contributed by atoms with van der Waals surface area (Å²) in [6, 6.07) is 6.56. The Kier molecular flexibility index (Phi) is 4.53. The Morgan fingerprint density at radius 1 is 1.21 bits per heavy atom. The van der Waals surface area contributed by atoms with E-state index >= 15 is 0 Å². The van der Waals surface area contributed by atoms with Crippen LogP contribution in [0.25, 0.3) is 0 Å². The van der Waals surface area contributed by atoms with E-state index in [2.05, 4.69) is 24.3 Å². The zero-order valence-corrected chi connectivity index (χ0v) is 11.6. The number of nitrogens with one attached hydrogen (secondary N) is 1. The van der Waals surface area contributed by atoms with Crippen molar-refractivity contribution in [1.82, 2.24) is 10.2 Å². The third-order valence-corrected chi connectivity index (χ3v) is 4.25. The Labute approximate surface area is 113 Å². The number of alkyl halides is 2. The summed E-state index contributed by atoms with van der Waals surface area (Å²) in [6.07, 6.45) is 1.38. The Morgan fingerprint density at radius 3 is 2.26 bits per heavy atom. The maximum absolute atomic E-state index is 12.4. The first-order valence-corrected chi connectivity index (χ1v) is 6.79. The lowest BCUT2D eigenvalue weighted by Gasteiger charge is -2.47. The van der Waals surface area contributed by atoms with Crippen LogP contribution in [0.1, 0.15) is 36.8 Å². The molecule has 1 aliphatic rings. The summed E-state index contributed by atoms with van der Waals surface area (Å²) >= 11 is 0. The van der Waals surface area contributed by atoms with E-state index < -0.39 is 6.43 Å². The summed E-state index contributed by atoms with van der Waals surface area (Å²) in [5.41, 5.74) is 1.44. The van der Waals surface area contributed by atoms with Crippen molar-refractivity contribution in [2.45, 2.75) is 37.8 Å². The number of halogens is 2. The smallest absolute Gasteiger partial charge is 0.263 e. The van der Waals surface area contributed by atoms with Gasteiger partial charge in [-0.1, -0.05) is 24.3 Å². The second-order valence-corrected chi connectivity index (χ2v) is 5.62. The molecule has 0 saturated heterocycles. The number of hydrogen-bond acceptors (Lipinski definition) is 2. The van der Waals surface area contributed by atoms with Gasteiger partial charge in [0.15, 0.2) is 0 Å². The quantitative estimate of drug-likeness (QED) is 0.852. The van der Waals surface area contributed by atoms with Crippen LogP contribution in [-0.2, 0) is 6.54 Å². The van der Waals surface area contributed by atoms with E-state index in [1.54, 1.807) is 12.1 Å². The molecule has 2 rings (SSSR count). The van der Waals surface area contributed by atoms with Gasteiger partial charge in [-0.3, -0.25) is 0 Å². The van der Waals surface area contributed by atoms with Gasteiger partial charge in [-0.2, -0.15) is 0 Å². The number of rotatable bonds is 6. The van der Waals surface area contributed by atoms with Crippen LogP contribution in [0.5, 0.6) is 0 Å². The fraction of sp³-hybridized carbons (Fsp3) is 0.600. The van der Waals surface area contributed by atoms with Crippen molar-refractivity contribution in [2.75, 3.05) is 20.6 Å². The topological polar surface area (TPSA) is 15.3 Å². The minimum Gasteiger partial charge on any atom is -0.311 e. The van der Waals surface area contributed by atoms with Crippen molar-refractivity contribution in [3.05, 3.63) is 35.4 Å². The van der Waals surface area contributed by atoms with E-state index in [-0.39, 0.29) is 5.56 Å². The van der Waals surface area contributed by atoms with Gasteiger partial charge in [-0.25, -0.2) is 8.78 Å². The van der Waals surface area contributed by atoms with Gasteiger partial charge in [0.2, 0.25) is 0 Å². The van der Waals surface area contributed by atoms with Gasteiger partial charge >= 0.3 is 0 Å². The van der Waals surface area contributed by atoms with E-state index in [0.29, 0.717) is 5.54 Å². The van der Waals surface area contributed by atoms with Gasteiger partial charge in [0.1, 0.15) is 0 Å². The lowest BCUT2D eigenvalue weighted by molar-refractivity contribution is 0.0598. The Bertz CT molecular complexity index is 397. The molecule has 2 nitrogen and oxygen atoms in total. The number of likely N-dealkylation sites (N-methyl/N-ethyl adjacent to an activating group) is 1. The van der Waals surface area contributed by atoms with Crippen molar-refractivity contribution in [3.8, 4) is 0 Å². The van der Waals surface area contributed by atoms with Crippen molar-refractivity contribution >= 4 is 0 Å². The lowest BCUT2D eigenvalue weighted by atomic mass is 9.75. The monoisotopic (exact) mass is 268 g/mol. The second kappa shape index (κ2) is 5.97. The standard InChI is InChI=1S/C15H22F2N2/c1-19(2)15(8-3-9-15)11-18-10-12-4-6-13(7-5-12)14(16)17/h4-7,14,18H,3,8-11H2,1-2H3. The van der Waals surface area contributed by atoms with E-state index in [0.717, 1.165) is 18.7 Å². The summed E-state index contributed by atoms with van der Waals surface area (Å²) in [5, 5.41) is 3.45. The van der Waals surface area contributed by atoms with Crippen molar-refractivity contribution in [2.24, 2.45) is 0 Å². The molecule has 19 heavy (non-hydrogen) atoms. The number of nitrogens with zero attached hydrogens (tertiary/aromatic N) is 1. The van der Waals surface area contributed by atoms with Crippen LogP contribution in [0.2, 0.25) is 0 Å². The van der Waals surface area contributed by atoms with Gasteiger partial charge in [-0.15, -0.1) is 0 Å². The summed E-state index contributed by atoms with van der Waals surface area (Å²) in [7, 11) is 4.25. The summed E-state index contributed by atoms with van der Waals surface area (Å²) < 4.78 is 24.9. The molecule has 0 aromatic heterocycles. The van der Waals surface area contributed by atoms with Crippen molar-refractivity contribution in [1.29, 1.82) is 0 Å². The molecule has 0 bridgehead atoms. The van der Waals surface area contributed by atoms with Gasteiger partial charge in [0.25, 0.3) is 6.43 Å². The van der Waals surface area contributed by atoms with Crippen LogP contribution < -0.4 is 5.32 Å². The van der Waals surface area contributed by atoms with Crippen molar-refractivity contribution in [3.63, 3.8) is 0 Å². The first kappa shape index (κ1) is 14.4. The molecule has 0 spiro atoms. The summed E-state index contributed by atoms with van der Waals surface area (Å²) in [6.45, 7) is 1.69. The molecule has 0 heterocycles. The maximum Gasteiger partial charge on any atom is 0.263 e. The molecule has 1 N–H and O–H groups in total. The molecule has 0 aliphatic heterocycles. The molecule has 4 heteroatoms. The third-order valence-electron chi connectivity index (χ3n) is 4.25. The molecule has 1 aromatic carbocycles. The first-order chi connectivity index (χ1) is 9.03. The molecule has 0 radical (unpaired) electrons. The molecule has 1 aliphatic carbocycles. The van der Waals surface area contributed by atoms with E-state index in [9.17, 15) is 8.78 Å². The number of hydrogen-bond donors (Lipinski definition) is 1. The fourth-order valence-corrected chi connectivity index (χ4v) is 2.59. The molecule has 0 unspecified atom stereocenters. The predicted octanol–water partition coefficient (Wildman–Crippen LogP) is 3.20. The zero-order chi connectivity index (χ0) is 13.9.